The third kappa shape index (κ3) is 1.96. The molecule has 0 aromatic rings. The molecule has 1 saturated heterocycles. The zero-order chi connectivity index (χ0) is 17.5. The summed E-state index contributed by atoms with van der Waals surface area (Å²) in [5.41, 5.74) is 0.395. The lowest BCUT2D eigenvalue weighted by molar-refractivity contribution is -0.217. The van der Waals surface area contributed by atoms with Crippen LogP contribution in [0.3, 0.4) is 0 Å². The van der Waals surface area contributed by atoms with Gasteiger partial charge in [-0.1, -0.05) is 20.8 Å². The second kappa shape index (κ2) is 4.76. The van der Waals surface area contributed by atoms with Crippen LogP contribution in [-0.4, -0.2) is 30.1 Å². The van der Waals surface area contributed by atoms with Gasteiger partial charge in [-0.3, -0.25) is 4.79 Å². The van der Waals surface area contributed by atoms with Crippen LogP contribution in [0.15, 0.2) is 0 Å². The molecule has 0 aromatic carbocycles. The van der Waals surface area contributed by atoms with Gasteiger partial charge in [-0.25, -0.2) is 0 Å². The van der Waals surface area contributed by atoms with Crippen molar-refractivity contribution in [1.82, 2.24) is 0 Å². The molecule has 3 aliphatic carbocycles. The maximum Gasteiger partial charge on any atom is 0.302 e. The van der Waals surface area contributed by atoms with Crippen LogP contribution < -0.4 is 0 Å². The standard InChI is InChI=1S/C20H32O4/c1-12-7-8-14-17(3,4)15-9-20(12,14)10-16-19(15,6)24-18(5,23-16)11-22-13(2)21/h12,14-16H,7-11H2,1-6H3/t12-,14+,15-,16+,18?,19-,20-/m1/s1. The summed E-state index contributed by atoms with van der Waals surface area (Å²) in [5, 5.41) is 0. The molecule has 0 aromatic heterocycles. The Bertz CT molecular complexity index is 572. The van der Waals surface area contributed by atoms with Crippen molar-refractivity contribution in [3.63, 3.8) is 0 Å². The van der Waals surface area contributed by atoms with E-state index in [-0.39, 0.29) is 29.7 Å². The molecule has 1 spiro atoms. The number of esters is 1. The summed E-state index contributed by atoms with van der Waals surface area (Å²) >= 11 is 0. The first-order chi connectivity index (χ1) is 11.0. The molecule has 2 bridgehead atoms. The van der Waals surface area contributed by atoms with Gasteiger partial charge in [-0.2, -0.15) is 0 Å². The van der Waals surface area contributed by atoms with Crippen molar-refractivity contribution in [3.8, 4) is 0 Å². The minimum atomic E-state index is -0.820. The predicted molar refractivity (Wildman–Crippen MR) is 90.2 cm³/mol. The fourth-order valence-electron chi connectivity index (χ4n) is 7.20. The average Bonchev–Trinajstić information content (AvgIpc) is 2.99. The number of hydrogen-bond donors (Lipinski definition) is 0. The van der Waals surface area contributed by atoms with Gasteiger partial charge in [0, 0.05) is 6.92 Å². The molecule has 4 fully saturated rings. The van der Waals surface area contributed by atoms with Gasteiger partial charge >= 0.3 is 5.97 Å². The third-order valence-corrected chi connectivity index (χ3v) is 8.21. The molecule has 1 aliphatic heterocycles. The van der Waals surface area contributed by atoms with E-state index in [2.05, 4.69) is 27.7 Å². The number of rotatable bonds is 2. The van der Waals surface area contributed by atoms with Crippen LogP contribution in [0.25, 0.3) is 0 Å². The Labute approximate surface area is 145 Å². The molecule has 136 valence electrons. The Morgan fingerprint density at radius 3 is 2.50 bits per heavy atom. The Morgan fingerprint density at radius 1 is 1.12 bits per heavy atom. The van der Waals surface area contributed by atoms with Crippen LogP contribution in [0, 0.1) is 28.6 Å². The van der Waals surface area contributed by atoms with Crippen molar-refractivity contribution in [3.05, 3.63) is 0 Å². The van der Waals surface area contributed by atoms with Gasteiger partial charge in [0.25, 0.3) is 0 Å². The molecule has 3 saturated carbocycles. The minimum Gasteiger partial charge on any atom is -0.460 e. The van der Waals surface area contributed by atoms with Gasteiger partial charge in [0.15, 0.2) is 0 Å². The minimum absolute atomic E-state index is 0.0987. The molecule has 4 aliphatic rings. The van der Waals surface area contributed by atoms with Gasteiger partial charge in [0.05, 0.1) is 11.7 Å². The second-order valence-electron chi connectivity index (χ2n) is 9.85. The molecule has 7 atom stereocenters. The first kappa shape index (κ1) is 16.8. The van der Waals surface area contributed by atoms with E-state index < -0.39 is 5.79 Å². The molecule has 1 unspecified atom stereocenters. The summed E-state index contributed by atoms with van der Waals surface area (Å²) < 4.78 is 18.2. The smallest absolute Gasteiger partial charge is 0.302 e. The van der Waals surface area contributed by atoms with E-state index in [9.17, 15) is 4.79 Å². The first-order valence-corrected chi connectivity index (χ1v) is 9.55. The lowest BCUT2D eigenvalue weighted by Gasteiger charge is -2.47. The van der Waals surface area contributed by atoms with Gasteiger partial charge < -0.3 is 14.2 Å². The van der Waals surface area contributed by atoms with Crippen molar-refractivity contribution >= 4 is 5.97 Å². The van der Waals surface area contributed by atoms with Crippen LogP contribution in [0.5, 0.6) is 0 Å². The van der Waals surface area contributed by atoms with Crippen LogP contribution in [0.2, 0.25) is 0 Å². The fraction of sp³-hybridized carbons (Fsp3) is 0.950. The average molecular weight is 336 g/mol. The SMILES string of the molecule is CC(=O)OCC1(C)O[C@H]2C[C@@]34C[C@H](C(C)(C)[C@@H]3CC[C@H]4C)[C@@]2(C)O1. The second-order valence-corrected chi connectivity index (χ2v) is 9.85. The van der Waals surface area contributed by atoms with Gasteiger partial charge in [-0.15, -0.1) is 0 Å². The van der Waals surface area contributed by atoms with E-state index >= 15 is 0 Å². The summed E-state index contributed by atoms with van der Waals surface area (Å²) in [6.45, 7) is 13.1. The molecule has 4 heteroatoms. The normalized spacial score (nSPS) is 54.4. The summed E-state index contributed by atoms with van der Waals surface area (Å²) in [6.07, 6.45) is 5.13. The zero-order valence-electron chi connectivity index (χ0n) is 16.0. The summed E-state index contributed by atoms with van der Waals surface area (Å²) in [4.78, 5) is 11.2. The van der Waals surface area contributed by atoms with E-state index in [0.717, 1.165) is 18.3 Å². The maximum atomic E-state index is 11.2. The van der Waals surface area contributed by atoms with Crippen molar-refractivity contribution in [2.24, 2.45) is 28.6 Å². The Kier molecular flexibility index (Phi) is 3.34. The molecule has 0 amide bonds. The van der Waals surface area contributed by atoms with Gasteiger partial charge in [0.1, 0.15) is 6.61 Å². The topological polar surface area (TPSA) is 44.8 Å². The van der Waals surface area contributed by atoms with E-state index in [4.69, 9.17) is 14.2 Å². The maximum absolute atomic E-state index is 11.2. The third-order valence-electron chi connectivity index (χ3n) is 8.21. The van der Waals surface area contributed by atoms with Crippen molar-refractivity contribution < 1.29 is 19.0 Å². The molecule has 24 heavy (non-hydrogen) atoms. The molecular formula is C20H32O4. The molecule has 0 radical (unpaired) electrons. The van der Waals surface area contributed by atoms with Gasteiger partial charge in [0.2, 0.25) is 5.79 Å². The van der Waals surface area contributed by atoms with Crippen LogP contribution in [0.4, 0.5) is 0 Å². The van der Waals surface area contributed by atoms with Crippen LogP contribution >= 0.6 is 0 Å². The highest BCUT2D eigenvalue weighted by molar-refractivity contribution is 5.65. The van der Waals surface area contributed by atoms with Crippen molar-refractivity contribution in [2.75, 3.05) is 6.61 Å². The predicted octanol–water partition coefficient (Wildman–Crippen LogP) is 3.92. The van der Waals surface area contributed by atoms with E-state index in [1.54, 1.807) is 0 Å². The van der Waals surface area contributed by atoms with E-state index in [0.29, 0.717) is 11.3 Å². The molecule has 4 nitrogen and oxygen atoms in total. The molecule has 4 rings (SSSR count). The zero-order valence-corrected chi connectivity index (χ0v) is 16.0. The highest BCUT2D eigenvalue weighted by Crippen LogP contribution is 2.75. The van der Waals surface area contributed by atoms with E-state index in [1.807, 2.05) is 6.92 Å². The highest BCUT2D eigenvalue weighted by Gasteiger charge is 2.74. The lowest BCUT2D eigenvalue weighted by Crippen LogP contribution is -2.52. The summed E-state index contributed by atoms with van der Waals surface area (Å²) in [6, 6.07) is 0. The fourth-order valence-corrected chi connectivity index (χ4v) is 7.20. The number of hydrogen-bond acceptors (Lipinski definition) is 4. The first-order valence-electron chi connectivity index (χ1n) is 9.55. The molecule has 1 heterocycles. The van der Waals surface area contributed by atoms with Gasteiger partial charge in [-0.05, 0) is 68.1 Å². The van der Waals surface area contributed by atoms with E-state index in [1.165, 1.54) is 26.2 Å². The molecular weight excluding hydrogens is 304 g/mol. The number of fused-ring (bicyclic) bond motifs is 3. The lowest BCUT2D eigenvalue weighted by atomic mass is 9.63. The highest BCUT2D eigenvalue weighted by atomic mass is 16.8. The van der Waals surface area contributed by atoms with Crippen LogP contribution in [-0.2, 0) is 19.0 Å². The quantitative estimate of drug-likeness (QED) is 0.717. The Morgan fingerprint density at radius 2 is 1.83 bits per heavy atom. The largest absolute Gasteiger partial charge is 0.460 e. The monoisotopic (exact) mass is 336 g/mol. The number of ether oxygens (including phenoxy) is 3. The summed E-state index contributed by atoms with van der Waals surface area (Å²) in [7, 11) is 0. The van der Waals surface area contributed by atoms with Crippen molar-refractivity contribution in [1.29, 1.82) is 0 Å². The number of carbonyl (C=O) groups excluding carboxylic acids is 1. The van der Waals surface area contributed by atoms with Crippen molar-refractivity contribution in [2.45, 2.75) is 84.7 Å². The Hall–Kier alpha value is -0.610. The molecule has 0 N–H and O–H groups in total. The Balaban J connectivity index is 1.67. The number of carbonyl (C=O) groups is 1. The van der Waals surface area contributed by atoms with Crippen LogP contribution in [0.1, 0.15) is 67.2 Å². The summed E-state index contributed by atoms with van der Waals surface area (Å²) in [5.74, 6) is 0.934.